The average molecular weight is 460 g/mol. The first-order valence-corrected chi connectivity index (χ1v) is 11.7. The van der Waals surface area contributed by atoms with E-state index >= 15 is 0 Å². The van der Waals surface area contributed by atoms with Crippen LogP contribution in [0.1, 0.15) is 36.6 Å². The number of thiazole rings is 1. The fourth-order valence-corrected chi connectivity index (χ4v) is 4.80. The van der Waals surface area contributed by atoms with Crippen molar-refractivity contribution in [3.05, 3.63) is 62.8 Å². The number of rotatable bonds is 12. The molecule has 1 atom stereocenters. The van der Waals surface area contributed by atoms with Crippen molar-refractivity contribution in [3.63, 3.8) is 0 Å². The number of H-pyrrole nitrogens is 1. The molecule has 1 heterocycles. The number of hydrogen-bond acceptors (Lipinski definition) is 7. The highest BCUT2D eigenvalue weighted by atomic mass is 32.1. The molecule has 0 saturated heterocycles. The molecule has 0 aliphatic heterocycles. The summed E-state index contributed by atoms with van der Waals surface area (Å²) in [4.78, 5) is 16.3. The van der Waals surface area contributed by atoms with Gasteiger partial charge >= 0.3 is 4.87 Å². The van der Waals surface area contributed by atoms with E-state index < -0.39 is 6.10 Å². The van der Waals surface area contributed by atoms with Crippen LogP contribution in [0, 0.1) is 5.92 Å². The molecule has 0 spiro atoms. The topological polar surface area (TPSA) is 97.8 Å². The van der Waals surface area contributed by atoms with Crippen molar-refractivity contribution in [3.8, 4) is 5.75 Å². The van der Waals surface area contributed by atoms with Crippen molar-refractivity contribution in [2.45, 2.75) is 32.9 Å². The summed E-state index contributed by atoms with van der Waals surface area (Å²) in [5.74, 6) is 0.589. The summed E-state index contributed by atoms with van der Waals surface area (Å²) < 4.78 is 5.94. The molecule has 32 heavy (non-hydrogen) atoms. The summed E-state index contributed by atoms with van der Waals surface area (Å²) in [5, 5.41) is 23.8. The number of phenolic OH excluding ortho intramolecular Hbond substituents is 1. The lowest BCUT2D eigenvalue weighted by molar-refractivity contribution is 0.0499. The molecule has 1 aromatic heterocycles. The fourth-order valence-electron chi connectivity index (χ4n) is 3.89. The minimum atomic E-state index is -0.769. The third-order valence-corrected chi connectivity index (χ3v) is 6.14. The van der Waals surface area contributed by atoms with E-state index in [0.717, 1.165) is 37.4 Å². The third kappa shape index (κ3) is 6.63. The molecule has 8 heteroatoms. The smallest absolute Gasteiger partial charge is 0.305 e. The highest BCUT2D eigenvalue weighted by molar-refractivity contribution is 7.16. The van der Waals surface area contributed by atoms with Crippen molar-refractivity contribution >= 4 is 21.6 Å². The predicted molar refractivity (Wildman–Crippen MR) is 129 cm³/mol. The van der Waals surface area contributed by atoms with Crippen molar-refractivity contribution < 1.29 is 14.9 Å². The second-order valence-electron chi connectivity index (χ2n) is 8.51. The number of aliphatic hydroxyl groups excluding tert-OH is 1. The number of fused-ring (bicyclic) bond motifs is 1. The maximum Gasteiger partial charge on any atom is 0.305 e. The number of aromatic nitrogens is 1. The van der Waals surface area contributed by atoms with Crippen molar-refractivity contribution in [1.29, 1.82) is 0 Å². The number of nitrogens with one attached hydrogen (secondary N) is 2. The zero-order valence-corrected chi connectivity index (χ0v) is 19.7. The van der Waals surface area contributed by atoms with Gasteiger partial charge in [-0.25, -0.2) is 0 Å². The Labute approximate surface area is 192 Å². The van der Waals surface area contributed by atoms with E-state index in [0.29, 0.717) is 35.0 Å². The van der Waals surface area contributed by atoms with E-state index in [1.54, 1.807) is 13.2 Å². The monoisotopic (exact) mass is 459 g/mol. The highest BCUT2D eigenvalue weighted by Crippen LogP contribution is 2.31. The minimum Gasteiger partial charge on any atom is -0.506 e. The Morgan fingerprint density at radius 3 is 2.75 bits per heavy atom. The molecular weight excluding hydrogens is 426 g/mol. The van der Waals surface area contributed by atoms with E-state index in [9.17, 15) is 15.0 Å². The average Bonchev–Trinajstić information content (AvgIpc) is 3.13. The lowest BCUT2D eigenvalue weighted by Crippen LogP contribution is -2.29. The molecule has 0 radical (unpaired) electrons. The van der Waals surface area contributed by atoms with Crippen LogP contribution in [0.3, 0.4) is 0 Å². The van der Waals surface area contributed by atoms with Crippen LogP contribution in [0.4, 0.5) is 0 Å². The molecule has 3 aromatic rings. The molecule has 0 fully saturated rings. The Kier molecular flexibility index (Phi) is 8.84. The first kappa shape index (κ1) is 24.4. The normalized spacial score (nSPS) is 12.8. The van der Waals surface area contributed by atoms with Crippen LogP contribution in [-0.4, -0.2) is 53.6 Å². The van der Waals surface area contributed by atoms with Gasteiger partial charge in [0.25, 0.3) is 0 Å². The molecule has 0 aliphatic carbocycles. The van der Waals surface area contributed by atoms with Crippen LogP contribution in [0.2, 0.25) is 0 Å². The van der Waals surface area contributed by atoms with Crippen LogP contribution in [0.5, 0.6) is 5.75 Å². The van der Waals surface area contributed by atoms with Gasteiger partial charge in [-0.05, 0) is 36.1 Å². The Morgan fingerprint density at radius 2 is 2.00 bits per heavy atom. The van der Waals surface area contributed by atoms with Crippen molar-refractivity contribution in [2.75, 3.05) is 33.5 Å². The van der Waals surface area contributed by atoms with Crippen molar-refractivity contribution in [1.82, 2.24) is 15.2 Å². The lowest BCUT2D eigenvalue weighted by Gasteiger charge is -2.23. The van der Waals surface area contributed by atoms with E-state index in [1.165, 1.54) is 17.2 Å². The molecule has 7 nitrogen and oxygen atoms in total. The van der Waals surface area contributed by atoms with Gasteiger partial charge in [0.2, 0.25) is 0 Å². The summed E-state index contributed by atoms with van der Waals surface area (Å²) >= 11 is 0.999. The number of aliphatic hydroxyl groups is 1. The van der Waals surface area contributed by atoms with Gasteiger partial charge in [0.1, 0.15) is 11.3 Å². The van der Waals surface area contributed by atoms with Crippen LogP contribution in [0.15, 0.2) is 41.2 Å². The summed E-state index contributed by atoms with van der Waals surface area (Å²) in [6.07, 6.45) is 0.0758. The summed E-state index contributed by atoms with van der Waals surface area (Å²) in [7, 11) is 1.73. The summed E-state index contributed by atoms with van der Waals surface area (Å²) in [5.41, 5.74) is 3.52. The number of benzene rings is 2. The van der Waals surface area contributed by atoms with Crippen LogP contribution in [0.25, 0.3) is 10.2 Å². The van der Waals surface area contributed by atoms with Gasteiger partial charge in [0, 0.05) is 32.3 Å². The minimum absolute atomic E-state index is 0.0135. The molecule has 1 unspecified atom stereocenters. The molecule has 3 rings (SSSR count). The van der Waals surface area contributed by atoms with Gasteiger partial charge in [0.05, 0.1) is 17.5 Å². The molecule has 0 bridgehead atoms. The first-order chi connectivity index (χ1) is 15.4. The maximum absolute atomic E-state index is 11.7. The third-order valence-electron chi connectivity index (χ3n) is 5.21. The van der Waals surface area contributed by atoms with E-state index in [2.05, 4.69) is 53.3 Å². The molecule has 0 aliphatic rings. The Balaban J connectivity index is 1.53. The number of aromatic hydroxyl groups is 1. The van der Waals surface area contributed by atoms with Gasteiger partial charge in [-0.1, -0.05) is 55.5 Å². The highest BCUT2D eigenvalue weighted by Gasteiger charge is 2.16. The molecule has 4 N–H and O–H groups in total. The molecule has 0 amide bonds. The first-order valence-electron chi connectivity index (χ1n) is 10.9. The second-order valence-corrected chi connectivity index (χ2v) is 9.49. The standard InChI is InChI=1S/C24H33N3O4S/c1-16(2)13-27(15-31-3)14-18-6-4-5-17(11-18)9-10-25-12-21(29)19-7-8-20(28)22-23(19)32-24(30)26-22/h4-8,11,16,21,25,28-29H,9-10,12-15H2,1-3H3,(H,26,30). The number of hydrogen-bond donors (Lipinski definition) is 4. The van der Waals surface area contributed by atoms with E-state index in [4.69, 9.17) is 4.74 Å². The van der Waals surface area contributed by atoms with Crippen molar-refractivity contribution in [2.24, 2.45) is 5.92 Å². The van der Waals surface area contributed by atoms with Crippen LogP contribution >= 0.6 is 11.3 Å². The fraction of sp³-hybridized carbons (Fsp3) is 0.458. The van der Waals surface area contributed by atoms with E-state index in [-0.39, 0.29) is 10.6 Å². The van der Waals surface area contributed by atoms with Crippen LogP contribution < -0.4 is 10.2 Å². The Hall–Kier alpha value is -2.23. The number of nitrogens with zero attached hydrogens (tertiary/aromatic N) is 1. The van der Waals surface area contributed by atoms with Gasteiger partial charge in [0.15, 0.2) is 0 Å². The SMILES string of the molecule is COCN(Cc1cccc(CCNCC(O)c2ccc(O)c3[nH]c(=O)sc23)c1)CC(C)C. The molecule has 174 valence electrons. The largest absolute Gasteiger partial charge is 0.506 e. The number of ether oxygens (including phenoxy) is 1. The second kappa shape index (κ2) is 11.6. The summed E-state index contributed by atoms with van der Waals surface area (Å²) in [6.45, 7) is 7.94. The Bertz CT molecular complexity index is 1060. The van der Waals surface area contributed by atoms with Gasteiger partial charge in [-0.2, -0.15) is 0 Å². The van der Waals surface area contributed by atoms with Crippen LogP contribution in [-0.2, 0) is 17.7 Å². The summed E-state index contributed by atoms with van der Waals surface area (Å²) in [6, 6.07) is 11.7. The zero-order valence-electron chi connectivity index (χ0n) is 18.9. The number of phenols is 1. The molecular formula is C24H33N3O4S. The number of methoxy groups -OCH3 is 1. The lowest BCUT2D eigenvalue weighted by atomic mass is 10.1. The van der Waals surface area contributed by atoms with E-state index in [1.807, 2.05) is 0 Å². The van der Waals surface area contributed by atoms with Gasteiger partial charge in [-0.3, -0.25) is 9.69 Å². The maximum atomic E-state index is 11.7. The van der Waals surface area contributed by atoms with Gasteiger partial charge in [-0.15, -0.1) is 0 Å². The zero-order chi connectivity index (χ0) is 23.1. The molecule has 2 aromatic carbocycles. The molecule has 0 saturated carbocycles. The predicted octanol–water partition coefficient (Wildman–Crippen LogP) is 3.22. The quantitative estimate of drug-likeness (QED) is 0.245. The number of aromatic amines is 1. The Morgan fingerprint density at radius 1 is 1.22 bits per heavy atom. The van der Waals surface area contributed by atoms with Gasteiger partial charge < -0.3 is 25.3 Å².